The zero-order valence-electron chi connectivity index (χ0n) is 17.1. The van der Waals surface area contributed by atoms with Crippen molar-refractivity contribution in [2.45, 2.75) is 39.2 Å². The Kier molecular flexibility index (Phi) is 5.46. The third-order valence-electron chi connectivity index (χ3n) is 6.49. The number of rotatable bonds is 3. The SMILES string of the molecule is Cc1nc(C)c(C(=O)N2CCC3(CC2)COC(CN2CCN(C)C(=O)C2)C3)s1. The number of hydrogen-bond donors (Lipinski definition) is 0. The second-order valence-corrected chi connectivity index (χ2v) is 9.83. The molecule has 0 aliphatic carbocycles. The molecule has 2 amide bonds. The average Bonchev–Trinajstić information content (AvgIpc) is 3.21. The molecule has 1 unspecified atom stereocenters. The number of likely N-dealkylation sites (tertiary alicyclic amines) is 1. The number of amides is 2. The number of piperazine rings is 1. The van der Waals surface area contributed by atoms with Crippen LogP contribution < -0.4 is 0 Å². The lowest BCUT2D eigenvalue weighted by Crippen LogP contribution is -2.50. The Morgan fingerprint density at radius 3 is 2.64 bits per heavy atom. The van der Waals surface area contributed by atoms with E-state index in [1.54, 1.807) is 4.90 Å². The normalized spacial score (nSPS) is 25.7. The molecule has 0 radical (unpaired) electrons. The highest BCUT2D eigenvalue weighted by atomic mass is 32.1. The molecule has 0 aromatic carbocycles. The van der Waals surface area contributed by atoms with E-state index in [9.17, 15) is 9.59 Å². The molecule has 1 aromatic heterocycles. The quantitative estimate of drug-likeness (QED) is 0.762. The van der Waals surface area contributed by atoms with Gasteiger partial charge in [-0.05, 0) is 38.5 Å². The van der Waals surface area contributed by atoms with E-state index in [1.807, 2.05) is 25.8 Å². The van der Waals surface area contributed by atoms with Gasteiger partial charge in [-0.25, -0.2) is 4.98 Å². The molecule has 3 aliphatic heterocycles. The zero-order chi connectivity index (χ0) is 19.9. The topological polar surface area (TPSA) is 66.0 Å². The maximum atomic E-state index is 12.8. The van der Waals surface area contributed by atoms with Gasteiger partial charge in [0.25, 0.3) is 5.91 Å². The second kappa shape index (κ2) is 7.72. The van der Waals surface area contributed by atoms with Gasteiger partial charge in [0, 0.05) is 39.8 Å². The van der Waals surface area contributed by atoms with Crippen LogP contribution in [-0.4, -0.2) is 90.5 Å². The van der Waals surface area contributed by atoms with E-state index in [0.717, 1.165) is 74.2 Å². The van der Waals surface area contributed by atoms with Crippen LogP contribution in [0.1, 0.15) is 39.6 Å². The molecule has 0 saturated carbocycles. The summed E-state index contributed by atoms with van der Waals surface area (Å²) in [4.78, 5) is 35.9. The summed E-state index contributed by atoms with van der Waals surface area (Å²) in [5.74, 6) is 0.323. The van der Waals surface area contributed by atoms with E-state index in [4.69, 9.17) is 4.74 Å². The van der Waals surface area contributed by atoms with Crippen molar-refractivity contribution in [1.82, 2.24) is 19.7 Å². The van der Waals surface area contributed by atoms with Gasteiger partial charge < -0.3 is 14.5 Å². The second-order valence-electron chi connectivity index (χ2n) is 8.63. The summed E-state index contributed by atoms with van der Waals surface area (Å²) in [6, 6.07) is 0. The van der Waals surface area contributed by atoms with E-state index in [-0.39, 0.29) is 23.3 Å². The van der Waals surface area contributed by atoms with Crippen LogP contribution in [0.3, 0.4) is 0 Å². The molecule has 7 nitrogen and oxygen atoms in total. The van der Waals surface area contributed by atoms with Gasteiger partial charge in [0.2, 0.25) is 5.91 Å². The molecule has 4 heterocycles. The number of piperidine rings is 1. The Labute approximate surface area is 170 Å². The Morgan fingerprint density at radius 2 is 2.00 bits per heavy atom. The van der Waals surface area contributed by atoms with Gasteiger partial charge >= 0.3 is 0 Å². The van der Waals surface area contributed by atoms with Crippen LogP contribution in [0.4, 0.5) is 0 Å². The van der Waals surface area contributed by atoms with Gasteiger partial charge in [-0.3, -0.25) is 14.5 Å². The minimum atomic E-state index is 0.129. The summed E-state index contributed by atoms with van der Waals surface area (Å²) < 4.78 is 6.14. The van der Waals surface area contributed by atoms with Crippen molar-refractivity contribution < 1.29 is 14.3 Å². The van der Waals surface area contributed by atoms with Crippen LogP contribution >= 0.6 is 11.3 Å². The number of hydrogen-bond acceptors (Lipinski definition) is 6. The summed E-state index contributed by atoms with van der Waals surface area (Å²) in [5.41, 5.74) is 1.04. The molecular formula is C20H30N4O3S. The van der Waals surface area contributed by atoms with Crippen LogP contribution in [0.5, 0.6) is 0 Å². The predicted molar refractivity (Wildman–Crippen MR) is 108 cm³/mol. The minimum Gasteiger partial charge on any atom is -0.376 e. The number of carbonyl (C=O) groups excluding carboxylic acids is 2. The first kappa shape index (κ1) is 19.8. The number of nitrogens with zero attached hydrogens (tertiary/aromatic N) is 4. The fourth-order valence-corrected chi connectivity index (χ4v) is 5.56. The number of carbonyl (C=O) groups is 2. The molecule has 3 aliphatic rings. The molecule has 0 bridgehead atoms. The Morgan fingerprint density at radius 1 is 1.25 bits per heavy atom. The highest BCUT2D eigenvalue weighted by Gasteiger charge is 2.44. The molecule has 3 fully saturated rings. The summed E-state index contributed by atoms with van der Waals surface area (Å²) in [6.45, 7) is 9.28. The Hall–Kier alpha value is -1.51. The van der Waals surface area contributed by atoms with Crippen LogP contribution in [0.25, 0.3) is 0 Å². The van der Waals surface area contributed by atoms with Gasteiger partial charge in [0.05, 0.1) is 30.0 Å². The molecule has 3 saturated heterocycles. The van der Waals surface area contributed by atoms with Crippen molar-refractivity contribution in [3.05, 3.63) is 15.6 Å². The highest BCUT2D eigenvalue weighted by Crippen LogP contribution is 2.42. The van der Waals surface area contributed by atoms with Crippen molar-refractivity contribution in [3.8, 4) is 0 Å². The molecule has 4 rings (SSSR count). The lowest BCUT2D eigenvalue weighted by Gasteiger charge is -2.38. The molecule has 1 atom stereocenters. The van der Waals surface area contributed by atoms with Crippen molar-refractivity contribution in [3.63, 3.8) is 0 Å². The van der Waals surface area contributed by atoms with Crippen molar-refractivity contribution in [2.24, 2.45) is 5.41 Å². The van der Waals surface area contributed by atoms with Crippen LogP contribution in [-0.2, 0) is 9.53 Å². The molecule has 154 valence electrons. The van der Waals surface area contributed by atoms with Crippen molar-refractivity contribution in [2.75, 3.05) is 52.9 Å². The fraction of sp³-hybridized carbons (Fsp3) is 0.750. The summed E-state index contributed by atoms with van der Waals surface area (Å²) in [6.07, 6.45) is 3.22. The third kappa shape index (κ3) is 3.95. The molecule has 1 aromatic rings. The predicted octanol–water partition coefficient (Wildman–Crippen LogP) is 1.55. The van der Waals surface area contributed by atoms with Crippen LogP contribution in [0.2, 0.25) is 0 Å². The van der Waals surface area contributed by atoms with Crippen LogP contribution in [0.15, 0.2) is 0 Å². The number of likely N-dealkylation sites (N-methyl/N-ethyl adjacent to an activating group) is 1. The number of aromatic nitrogens is 1. The van der Waals surface area contributed by atoms with E-state index in [2.05, 4.69) is 9.88 Å². The first-order valence-electron chi connectivity index (χ1n) is 10.2. The van der Waals surface area contributed by atoms with Crippen molar-refractivity contribution >= 4 is 23.2 Å². The largest absolute Gasteiger partial charge is 0.376 e. The number of ether oxygens (including phenoxy) is 1. The van der Waals surface area contributed by atoms with E-state index in [0.29, 0.717) is 6.54 Å². The maximum Gasteiger partial charge on any atom is 0.265 e. The monoisotopic (exact) mass is 406 g/mol. The number of thiazole rings is 1. The first-order chi connectivity index (χ1) is 13.3. The summed E-state index contributed by atoms with van der Waals surface area (Å²) >= 11 is 1.50. The Bertz CT molecular complexity index is 757. The molecule has 1 spiro atoms. The molecular weight excluding hydrogens is 376 g/mol. The van der Waals surface area contributed by atoms with Gasteiger partial charge in [-0.2, -0.15) is 0 Å². The van der Waals surface area contributed by atoms with Gasteiger partial charge in [0.15, 0.2) is 0 Å². The third-order valence-corrected chi connectivity index (χ3v) is 7.55. The van der Waals surface area contributed by atoms with E-state index in [1.165, 1.54) is 11.3 Å². The van der Waals surface area contributed by atoms with Crippen LogP contribution in [0, 0.1) is 19.3 Å². The lowest BCUT2D eigenvalue weighted by molar-refractivity contribution is -0.134. The standard InChI is InChI=1S/C20H30N4O3S/c1-14-18(28-15(2)21-14)19(26)24-6-4-20(5-7-24)10-16(27-13-20)11-23-9-8-22(3)17(25)12-23/h16H,4-13H2,1-3H3. The molecule has 28 heavy (non-hydrogen) atoms. The zero-order valence-corrected chi connectivity index (χ0v) is 17.9. The smallest absolute Gasteiger partial charge is 0.265 e. The van der Waals surface area contributed by atoms with Gasteiger partial charge in [0.1, 0.15) is 4.88 Å². The van der Waals surface area contributed by atoms with Crippen molar-refractivity contribution in [1.29, 1.82) is 0 Å². The van der Waals surface area contributed by atoms with Gasteiger partial charge in [-0.1, -0.05) is 0 Å². The summed E-state index contributed by atoms with van der Waals surface area (Å²) in [7, 11) is 1.87. The number of aryl methyl sites for hydroxylation is 2. The van der Waals surface area contributed by atoms with Gasteiger partial charge in [-0.15, -0.1) is 11.3 Å². The maximum absolute atomic E-state index is 12.8. The summed E-state index contributed by atoms with van der Waals surface area (Å²) in [5, 5.41) is 0.948. The lowest BCUT2D eigenvalue weighted by atomic mass is 9.76. The molecule has 8 heteroatoms. The first-order valence-corrected chi connectivity index (χ1v) is 11.0. The Balaban J connectivity index is 1.29. The van der Waals surface area contributed by atoms with E-state index >= 15 is 0 Å². The fourth-order valence-electron chi connectivity index (χ4n) is 4.67. The average molecular weight is 407 g/mol. The minimum absolute atomic E-state index is 0.129. The van der Waals surface area contributed by atoms with E-state index < -0.39 is 0 Å². The highest BCUT2D eigenvalue weighted by molar-refractivity contribution is 7.13. The molecule has 0 N–H and O–H groups in total.